The van der Waals surface area contributed by atoms with E-state index in [4.69, 9.17) is 16.3 Å². The highest BCUT2D eigenvalue weighted by Crippen LogP contribution is 2.38. The number of thiazole rings is 1. The van der Waals surface area contributed by atoms with Crippen LogP contribution < -0.4 is 4.74 Å². The van der Waals surface area contributed by atoms with Gasteiger partial charge in [0.05, 0.1) is 19.8 Å². The van der Waals surface area contributed by atoms with E-state index in [2.05, 4.69) is 9.72 Å². The second-order valence-corrected chi connectivity index (χ2v) is 5.58. The molecule has 0 N–H and O–H groups in total. The molecular formula is C14H14ClNO3S. The van der Waals surface area contributed by atoms with Crippen LogP contribution in [0.15, 0.2) is 12.1 Å². The Morgan fingerprint density at radius 1 is 1.30 bits per heavy atom. The molecule has 1 aromatic carbocycles. The quantitative estimate of drug-likeness (QED) is 0.807. The lowest BCUT2D eigenvalue weighted by atomic mass is 10.0. The molecule has 0 aliphatic rings. The van der Waals surface area contributed by atoms with Gasteiger partial charge in [0.15, 0.2) is 10.0 Å². The highest BCUT2D eigenvalue weighted by atomic mass is 35.5. The van der Waals surface area contributed by atoms with Gasteiger partial charge >= 0.3 is 5.97 Å². The number of hydrogen-bond donors (Lipinski definition) is 0. The van der Waals surface area contributed by atoms with Gasteiger partial charge in [0.2, 0.25) is 0 Å². The van der Waals surface area contributed by atoms with Crippen LogP contribution in [-0.4, -0.2) is 25.2 Å². The normalized spacial score (nSPS) is 10.4. The van der Waals surface area contributed by atoms with Crippen LogP contribution in [0.4, 0.5) is 0 Å². The third kappa shape index (κ3) is 2.51. The molecule has 0 unspecified atom stereocenters. The van der Waals surface area contributed by atoms with Crippen molar-refractivity contribution in [3.63, 3.8) is 0 Å². The van der Waals surface area contributed by atoms with Crippen LogP contribution in [0.3, 0.4) is 0 Å². The first kappa shape index (κ1) is 14.8. The summed E-state index contributed by atoms with van der Waals surface area (Å²) < 4.78 is 10.1. The molecular weight excluding hydrogens is 298 g/mol. The van der Waals surface area contributed by atoms with E-state index in [0.29, 0.717) is 9.88 Å². The van der Waals surface area contributed by atoms with E-state index in [1.165, 1.54) is 18.4 Å². The Bertz CT molecular complexity index is 667. The Morgan fingerprint density at radius 2 is 2.00 bits per heavy atom. The van der Waals surface area contributed by atoms with Crippen LogP contribution in [0.2, 0.25) is 5.15 Å². The number of rotatable bonds is 3. The summed E-state index contributed by atoms with van der Waals surface area (Å²) in [4.78, 5) is 16.1. The smallest absolute Gasteiger partial charge is 0.351 e. The average Bonchev–Trinajstić information content (AvgIpc) is 2.82. The number of hydrogen-bond acceptors (Lipinski definition) is 5. The molecule has 6 heteroatoms. The molecule has 2 rings (SSSR count). The molecule has 0 saturated carbocycles. The Morgan fingerprint density at radius 3 is 2.60 bits per heavy atom. The number of benzene rings is 1. The highest BCUT2D eigenvalue weighted by molar-refractivity contribution is 7.17. The van der Waals surface area contributed by atoms with Crippen molar-refractivity contribution in [1.29, 1.82) is 0 Å². The molecule has 1 aromatic heterocycles. The van der Waals surface area contributed by atoms with Crippen molar-refractivity contribution in [2.75, 3.05) is 14.2 Å². The van der Waals surface area contributed by atoms with Crippen molar-refractivity contribution < 1.29 is 14.3 Å². The first-order chi connectivity index (χ1) is 9.49. The van der Waals surface area contributed by atoms with E-state index in [-0.39, 0.29) is 5.15 Å². The third-order valence-electron chi connectivity index (χ3n) is 3.07. The van der Waals surface area contributed by atoms with Gasteiger partial charge in [-0.05, 0) is 31.0 Å². The lowest BCUT2D eigenvalue weighted by Crippen LogP contribution is -1.98. The molecule has 0 atom stereocenters. The van der Waals surface area contributed by atoms with Crippen molar-refractivity contribution >= 4 is 28.9 Å². The molecule has 0 fully saturated rings. The van der Waals surface area contributed by atoms with E-state index >= 15 is 0 Å². The number of halogens is 1. The largest absolute Gasteiger partial charge is 0.496 e. The molecule has 20 heavy (non-hydrogen) atoms. The van der Waals surface area contributed by atoms with Gasteiger partial charge in [-0.3, -0.25) is 0 Å². The maximum Gasteiger partial charge on any atom is 0.351 e. The predicted octanol–water partition coefficient (Wildman–Crippen LogP) is 3.88. The van der Waals surface area contributed by atoms with E-state index in [1.54, 1.807) is 7.11 Å². The first-order valence-electron chi connectivity index (χ1n) is 5.88. The van der Waals surface area contributed by atoms with Gasteiger partial charge in [-0.25, -0.2) is 9.78 Å². The molecule has 1 heterocycles. The summed E-state index contributed by atoms with van der Waals surface area (Å²) in [5.41, 5.74) is 2.98. The summed E-state index contributed by atoms with van der Waals surface area (Å²) in [6, 6.07) is 3.90. The molecule has 0 radical (unpaired) electrons. The molecule has 0 aliphatic carbocycles. The van der Waals surface area contributed by atoms with Crippen LogP contribution in [0.1, 0.15) is 20.8 Å². The minimum absolute atomic E-state index is 0.150. The van der Waals surface area contributed by atoms with Crippen molar-refractivity contribution in [2.45, 2.75) is 13.8 Å². The van der Waals surface area contributed by atoms with Crippen LogP contribution in [0.25, 0.3) is 10.6 Å². The third-order valence-corrected chi connectivity index (χ3v) is 4.52. The molecule has 0 spiro atoms. The van der Waals surface area contributed by atoms with Crippen LogP contribution >= 0.6 is 22.9 Å². The van der Waals surface area contributed by atoms with Gasteiger partial charge in [0.1, 0.15) is 10.8 Å². The van der Waals surface area contributed by atoms with Crippen molar-refractivity contribution in [3.05, 3.63) is 33.3 Å². The lowest BCUT2D eigenvalue weighted by Gasteiger charge is -2.11. The zero-order chi connectivity index (χ0) is 14.9. The summed E-state index contributed by atoms with van der Waals surface area (Å²) in [6.07, 6.45) is 0. The first-order valence-corrected chi connectivity index (χ1v) is 7.08. The fourth-order valence-electron chi connectivity index (χ4n) is 1.86. The molecule has 0 saturated heterocycles. The Kier molecular flexibility index (Phi) is 4.30. The summed E-state index contributed by atoms with van der Waals surface area (Å²) in [7, 11) is 2.93. The van der Waals surface area contributed by atoms with Gasteiger partial charge in [-0.2, -0.15) is 0 Å². The number of aryl methyl sites for hydroxylation is 1. The molecule has 0 bridgehead atoms. The zero-order valence-corrected chi connectivity index (χ0v) is 13.2. The molecule has 106 valence electrons. The summed E-state index contributed by atoms with van der Waals surface area (Å²) in [6.45, 7) is 3.99. The maximum absolute atomic E-state index is 11.6. The molecule has 2 aromatic rings. The minimum atomic E-state index is -0.485. The molecule has 0 aliphatic heterocycles. The number of carbonyl (C=O) groups excluding carboxylic acids is 1. The monoisotopic (exact) mass is 311 g/mol. The van der Waals surface area contributed by atoms with E-state index in [9.17, 15) is 4.79 Å². The number of nitrogens with zero attached hydrogens (tertiary/aromatic N) is 1. The average molecular weight is 312 g/mol. The number of carbonyl (C=O) groups is 1. The number of methoxy groups -OCH3 is 2. The molecule has 0 amide bonds. The zero-order valence-electron chi connectivity index (χ0n) is 11.6. The van der Waals surface area contributed by atoms with Gasteiger partial charge in [-0.1, -0.05) is 17.7 Å². The van der Waals surface area contributed by atoms with Gasteiger partial charge in [0.25, 0.3) is 0 Å². The second-order valence-electron chi connectivity index (χ2n) is 4.22. The Hall–Kier alpha value is -1.59. The SMILES string of the molecule is COC(=O)c1sc(-c2ccc(C)c(C)c2OC)nc1Cl. The van der Waals surface area contributed by atoms with Gasteiger partial charge in [0, 0.05) is 0 Å². The fraction of sp³-hybridized carbons (Fsp3) is 0.286. The predicted molar refractivity (Wildman–Crippen MR) is 79.9 cm³/mol. The second kappa shape index (κ2) is 5.81. The minimum Gasteiger partial charge on any atom is -0.496 e. The molecule has 4 nitrogen and oxygen atoms in total. The number of aromatic nitrogens is 1. The van der Waals surface area contributed by atoms with Crippen molar-refractivity contribution in [2.24, 2.45) is 0 Å². The summed E-state index contributed by atoms with van der Waals surface area (Å²) in [5.74, 6) is 0.258. The lowest BCUT2D eigenvalue weighted by molar-refractivity contribution is 0.0606. The maximum atomic E-state index is 11.6. The number of esters is 1. The topological polar surface area (TPSA) is 48.4 Å². The van der Waals surface area contributed by atoms with Crippen LogP contribution in [-0.2, 0) is 4.74 Å². The standard InChI is InChI=1S/C14H14ClNO3S/c1-7-5-6-9(10(18-3)8(7)2)13-16-12(15)11(20-13)14(17)19-4/h5-6H,1-4H3. The van der Waals surface area contributed by atoms with Crippen molar-refractivity contribution in [1.82, 2.24) is 4.98 Å². The van der Waals surface area contributed by atoms with Crippen LogP contribution in [0.5, 0.6) is 5.75 Å². The number of ether oxygens (including phenoxy) is 2. The van der Waals surface area contributed by atoms with Gasteiger partial charge in [-0.15, -0.1) is 11.3 Å². The van der Waals surface area contributed by atoms with Crippen molar-refractivity contribution in [3.8, 4) is 16.3 Å². The summed E-state index contributed by atoms with van der Waals surface area (Å²) in [5, 5.41) is 0.785. The van der Waals surface area contributed by atoms with E-state index < -0.39 is 5.97 Å². The highest BCUT2D eigenvalue weighted by Gasteiger charge is 2.20. The Balaban J connectivity index is 2.58. The summed E-state index contributed by atoms with van der Waals surface area (Å²) >= 11 is 7.18. The Labute approximate surface area is 126 Å². The fourth-order valence-corrected chi connectivity index (χ4v) is 3.08. The van der Waals surface area contributed by atoms with E-state index in [1.807, 2.05) is 26.0 Å². The van der Waals surface area contributed by atoms with Gasteiger partial charge < -0.3 is 9.47 Å². The van der Waals surface area contributed by atoms with Crippen LogP contribution in [0, 0.1) is 13.8 Å². The van der Waals surface area contributed by atoms with E-state index in [0.717, 1.165) is 22.4 Å².